The van der Waals surface area contributed by atoms with Crippen LogP contribution in [0.1, 0.15) is 13.8 Å². The minimum absolute atomic E-state index is 0. The van der Waals surface area contributed by atoms with Crippen LogP contribution >= 0.6 is 0 Å². The van der Waals surface area contributed by atoms with E-state index in [1.165, 1.54) is 14.2 Å². The number of ether oxygens (including phenoxy) is 2. The molecule has 0 saturated carbocycles. The van der Waals surface area contributed by atoms with Crippen LogP contribution < -0.4 is 10.2 Å². The van der Waals surface area contributed by atoms with Gasteiger partial charge < -0.3 is 19.7 Å². The fourth-order valence-corrected chi connectivity index (χ4v) is 0.469. The van der Waals surface area contributed by atoms with E-state index in [0.717, 1.165) is 0 Å². The summed E-state index contributed by atoms with van der Waals surface area (Å²) in [4.78, 5) is 0. The van der Waals surface area contributed by atoms with E-state index in [1.54, 1.807) is 13.8 Å². The Balaban J connectivity index is -0.000000143. The van der Waals surface area contributed by atoms with Crippen molar-refractivity contribution < 1.29 is 19.7 Å². The maximum Gasteiger partial charge on any atom is 2.00 e. The quantitative estimate of drug-likeness (QED) is 0.514. The molecular weight excluding hydrogens is 184 g/mol. The van der Waals surface area contributed by atoms with Gasteiger partial charge >= 0.3 is 23.1 Å². The predicted molar refractivity (Wildman–Crippen MR) is 48.4 cm³/mol. The van der Waals surface area contributed by atoms with E-state index in [9.17, 15) is 10.2 Å². The Morgan fingerprint density at radius 3 is 1.15 bits per heavy atom. The van der Waals surface area contributed by atoms with Crippen LogP contribution in [0.3, 0.4) is 0 Å². The zero-order valence-electron chi connectivity index (χ0n) is 8.91. The van der Waals surface area contributed by atoms with E-state index in [2.05, 4.69) is 9.47 Å². The van der Waals surface area contributed by atoms with Crippen LogP contribution in [-0.2, 0) is 9.47 Å². The Bertz CT molecular complexity index is 68.5. The summed E-state index contributed by atoms with van der Waals surface area (Å²) in [6.45, 7) is 3.78. The minimum Gasteiger partial charge on any atom is -0.851 e. The Labute approximate surface area is 96.4 Å². The molecule has 13 heavy (non-hydrogen) atoms. The molecule has 0 bridgehead atoms. The summed E-state index contributed by atoms with van der Waals surface area (Å²) in [6.07, 6.45) is -1.15. The second kappa shape index (κ2) is 15.1. The van der Waals surface area contributed by atoms with Gasteiger partial charge in [0.2, 0.25) is 0 Å². The Hall–Kier alpha value is 0.606. The van der Waals surface area contributed by atoms with Crippen molar-refractivity contribution in [1.82, 2.24) is 0 Å². The molecule has 0 aromatic rings. The largest absolute Gasteiger partial charge is 2.00 e. The molecule has 5 heteroatoms. The van der Waals surface area contributed by atoms with Crippen LogP contribution in [0.15, 0.2) is 0 Å². The Morgan fingerprint density at radius 1 is 0.923 bits per heavy atom. The van der Waals surface area contributed by atoms with Crippen molar-refractivity contribution in [1.29, 1.82) is 0 Å². The van der Waals surface area contributed by atoms with Crippen LogP contribution in [0.5, 0.6) is 0 Å². The molecule has 0 saturated heterocycles. The summed E-state index contributed by atoms with van der Waals surface area (Å²) < 4.78 is 8.98. The number of methoxy groups -OCH3 is 2. The Morgan fingerprint density at radius 2 is 1.15 bits per heavy atom. The molecule has 0 aliphatic carbocycles. The zero-order valence-corrected chi connectivity index (χ0v) is 10.3. The average Bonchev–Trinajstić information content (AvgIpc) is 1.87. The van der Waals surface area contributed by atoms with Gasteiger partial charge in [0.05, 0.1) is 0 Å². The fourth-order valence-electron chi connectivity index (χ4n) is 0.469. The van der Waals surface area contributed by atoms with Crippen molar-refractivity contribution in [2.24, 2.45) is 0 Å². The fraction of sp³-hybridized carbons (Fsp3) is 1.00. The van der Waals surface area contributed by atoms with Gasteiger partial charge in [-0.2, -0.15) is 0 Å². The monoisotopic (exact) mass is 202 g/mol. The molecule has 0 spiro atoms. The molecule has 76 valence electrons. The van der Waals surface area contributed by atoms with Gasteiger partial charge in [-0.3, -0.25) is 0 Å². The molecular formula is C8H18MgO4. The maximum atomic E-state index is 10.0. The van der Waals surface area contributed by atoms with Crippen molar-refractivity contribution in [2.75, 3.05) is 27.4 Å². The summed E-state index contributed by atoms with van der Waals surface area (Å²) in [5.41, 5.74) is 0. The van der Waals surface area contributed by atoms with Gasteiger partial charge in [-0.05, 0) is 0 Å². The van der Waals surface area contributed by atoms with E-state index in [1.807, 2.05) is 0 Å². The van der Waals surface area contributed by atoms with Crippen molar-refractivity contribution in [2.45, 2.75) is 26.1 Å². The molecule has 0 amide bonds. The predicted octanol–water partition coefficient (Wildman–Crippen LogP) is -1.62. The molecule has 0 rings (SSSR count). The SMILES string of the molecule is COCC(C)[O-].COCC(C)[O-].[Mg+2]. The first-order valence-corrected chi connectivity index (χ1v) is 3.84. The third kappa shape index (κ3) is 32.5. The standard InChI is InChI=1S/2C4H9O2.Mg/c2*1-4(5)3-6-2;/h2*4H,3H2,1-2H3;/q2*-1;+2. The van der Waals surface area contributed by atoms with Gasteiger partial charge in [-0.1, -0.05) is 13.8 Å². The van der Waals surface area contributed by atoms with Crippen molar-refractivity contribution in [3.63, 3.8) is 0 Å². The van der Waals surface area contributed by atoms with E-state index < -0.39 is 12.2 Å². The van der Waals surface area contributed by atoms with E-state index >= 15 is 0 Å². The Kier molecular flexibility index (Phi) is 22.3. The molecule has 0 aliphatic heterocycles. The smallest absolute Gasteiger partial charge is 0.851 e. The van der Waals surface area contributed by atoms with Crippen LogP contribution in [0.4, 0.5) is 0 Å². The van der Waals surface area contributed by atoms with E-state index in [-0.39, 0.29) is 23.1 Å². The summed E-state index contributed by atoms with van der Waals surface area (Å²) in [6, 6.07) is 0. The third-order valence-electron chi connectivity index (χ3n) is 0.803. The summed E-state index contributed by atoms with van der Waals surface area (Å²) in [7, 11) is 3.04. The number of rotatable bonds is 4. The molecule has 0 aromatic carbocycles. The van der Waals surface area contributed by atoms with Crippen molar-refractivity contribution >= 4 is 23.1 Å². The molecule has 0 aromatic heterocycles. The molecule has 2 atom stereocenters. The molecule has 0 fully saturated rings. The molecule has 0 aliphatic rings. The summed E-state index contributed by atoms with van der Waals surface area (Å²) >= 11 is 0. The van der Waals surface area contributed by atoms with Crippen molar-refractivity contribution in [3.05, 3.63) is 0 Å². The second-order valence-electron chi connectivity index (χ2n) is 2.53. The number of hydrogen-bond donors (Lipinski definition) is 0. The van der Waals surface area contributed by atoms with Gasteiger partial charge in [0, 0.05) is 27.4 Å². The van der Waals surface area contributed by atoms with Crippen molar-refractivity contribution in [3.8, 4) is 0 Å². The first kappa shape index (κ1) is 19.2. The van der Waals surface area contributed by atoms with Crippen LogP contribution in [0.2, 0.25) is 0 Å². The third-order valence-corrected chi connectivity index (χ3v) is 0.803. The van der Waals surface area contributed by atoms with Gasteiger partial charge in [-0.15, -0.1) is 12.2 Å². The maximum absolute atomic E-state index is 10.0. The molecule has 0 N–H and O–H groups in total. The summed E-state index contributed by atoms with van der Waals surface area (Å²) in [5.74, 6) is 0. The van der Waals surface area contributed by atoms with Gasteiger partial charge in [0.25, 0.3) is 0 Å². The second-order valence-corrected chi connectivity index (χ2v) is 2.53. The van der Waals surface area contributed by atoms with E-state index in [4.69, 9.17) is 0 Å². The first-order valence-electron chi connectivity index (χ1n) is 3.84. The van der Waals surface area contributed by atoms with Gasteiger partial charge in [-0.25, -0.2) is 0 Å². The first-order chi connectivity index (χ1) is 5.54. The topological polar surface area (TPSA) is 64.6 Å². The normalized spacial score (nSPS) is 13.4. The zero-order chi connectivity index (χ0) is 9.98. The molecule has 0 heterocycles. The number of hydrogen-bond acceptors (Lipinski definition) is 4. The van der Waals surface area contributed by atoms with E-state index in [0.29, 0.717) is 13.2 Å². The molecule has 4 nitrogen and oxygen atoms in total. The van der Waals surface area contributed by atoms with Gasteiger partial charge in [0.1, 0.15) is 0 Å². The van der Waals surface area contributed by atoms with Gasteiger partial charge in [0.15, 0.2) is 0 Å². The van der Waals surface area contributed by atoms with Crippen LogP contribution in [0, 0.1) is 0 Å². The minimum atomic E-state index is -0.574. The average molecular weight is 203 g/mol. The molecule has 2 unspecified atom stereocenters. The summed E-state index contributed by atoms with van der Waals surface area (Å²) in [5, 5.41) is 20.0. The van der Waals surface area contributed by atoms with Crippen LogP contribution in [-0.4, -0.2) is 62.7 Å². The molecule has 0 radical (unpaired) electrons. The van der Waals surface area contributed by atoms with Crippen LogP contribution in [0.25, 0.3) is 0 Å².